The predicted octanol–water partition coefficient (Wildman–Crippen LogP) is -1.15. The van der Waals surface area contributed by atoms with E-state index < -0.39 is 11.8 Å². The van der Waals surface area contributed by atoms with Crippen molar-refractivity contribution in [2.24, 2.45) is 0 Å². The van der Waals surface area contributed by atoms with Crippen molar-refractivity contribution >= 4 is 17.7 Å². The second-order valence-electron chi connectivity index (χ2n) is 3.14. The van der Waals surface area contributed by atoms with E-state index in [0.717, 1.165) is 0 Å². The second-order valence-corrected chi connectivity index (χ2v) is 3.14. The van der Waals surface area contributed by atoms with E-state index in [1.807, 2.05) is 0 Å². The van der Waals surface area contributed by atoms with Gasteiger partial charge in [-0.2, -0.15) is 0 Å². The summed E-state index contributed by atoms with van der Waals surface area (Å²) in [6.07, 6.45) is 0.0112. The molecule has 0 unspecified atom stereocenters. The predicted molar refractivity (Wildman–Crippen MR) is 42.4 cm³/mol. The standard InChI is InChI=1S/C8H8N2O3/c1-3-6-4(7(12)9-3)2-5(11)10-8(6)13/h3H,2H2,1H3,(H,9,12)(H,10,11,13)/t3-/m1/s1. The molecule has 2 rings (SSSR count). The van der Waals surface area contributed by atoms with Crippen molar-refractivity contribution in [3.05, 3.63) is 11.1 Å². The molecule has 0 saturated carbocycles. The summed E-state index contributed by atoms with van der Waals surface area (Å²) in [5.74, 6) is -1.16. The molecule has 0 spiro atoms. The summed E-state index contributed by atoms with van der Waals surface area (Å²) in [5, 5.41) is 4.76. The first-order valence-electron chi connectivity index (χ1n) is 3.97. The molecule has 5 nitrogen and oxygen atoms in total. The Balaban J connectivity index is 2.48. The molecule has 2 aliphatic rings. The molecule has 0 aromatic rings. The van der Waals surface area contributed by atoms with E-state index in [-0.39, 0.29) is 18.4 Å². The first kappa shape index (κ1) is 7.97. The molecule has 3 amide bonds. The van der Waals surface area contributed by atoms with E-state index in [2.05, 4.69) is 10.6 Å². The fraction of sp³-hybridized carbons (Fsp3) is 0.375. The Labute approximate surface area is 74.2 Å². The average molecular weight is 180 g/mol. The summed E-state index contributed by atoms with van der Waals surface area (Å²) < 4.78 is 0. The van der Waals surface area contributed by atoms with Crippen molar-refractivity contribution < 1.29 is 14.4 Å². The van der Waals surface area contributed by atoms with Gasteiger partial charge in [0.15, 0.2) is 0 Å². The van der Waals surface area contributed by atoms with Crippen LogP contribution in [0, 0.1) is 0 Å². The Morgan fingerprint density at radius 2 is 1.92 bits per heavy atom. The molecule has 0 radical (unpaired) electrons. The molecule has 68 valence electrons. The van der Waals surface area contributed by atoms with E-state index in [9.17, 15) is 14.4 Å². The summed E-state index contributed by atoms with van der Waals surface area (Å²) >= 11 is 0. The van der Waals surface area contributed by atoms with Gasteiger partial charge in [-0.1, -0.05) is 0 Å². The minimum absolute atomic E-state index is 0.0112. The molecule has 0 aromatic heterocycles. The van der Waals surface area contributed by atoms with Crippen LogP contribution < -0.4 is 10.6 Å². The molecule has 0 aromatic carbocycles. The molecule has 2 N–H and O–H groups in total. The first-order valence-corrected chi connectivity index (χ1v) is 3.97. The van der Waals surface area contributed by atoms with Crippen LogP contribution in [-0.2, 0) is 14.4 Å². The SMILES string of the molecule is C[C@H]1NC(=O)C2=C1C(=O)NC(=O)C2. The fourth-order valence-corrected chi connectivity index (χ4v) is 1.65. The first-order chi connectivity index (χ1) is 6.09. The van der Waals surface area contributed by atoms with Crippen LogP contribution >= 0.6 is 0 Å². The molecule has 1 atom stereocenters. The van der Waals surface area contributed by atoms with Gasteiger partial charge in [0, 0.05) is 11.1 Å². The molecule has 13 heavy (non-hydrogen) atoms. The maximum Gasteiger partial charge on any atom is 0.256 e. The third kappa shape index (κ3) is 1.04. The maximum absolute atomic E-state index is 11.3. The van der Waals surface area contributed by atoms with Gasteiger partial charge < -0.3 is 5.32 Å². The van der Waals surface area contributed by atoms with E-state index >= 15 is 0 Å². The Morgan fingerprint density at radius 3 is 2.62 bits per heavy atom. The van der Waals surface area contributed by atoms with Crippen LogP contribution in [0.15, 0.2) is 11.1 Å². The quantitative estimate of drug-likeness (QED) is 0.462. The molecule has 5 heteroatoms. The number of amides is 3. The van der Waals surface area contributed by atoms with E-state index in [1.54, 1.807) is 6.92 Å². The largest absolute Gasteiger partial charge is 0.346 e. The maximum atomic E-state index is 11.3. The second kappa shape index (κ2) is 2.42. The van der Waals surface area contributed by atoms with E-state index in [1.165, 1.54) is 0 Å². The topological polar surface area (TPSA) is 75.3 Å². The number of hydrogen-bond acceptors (Lipinski definition) is 3. The Morgan fingerprint density at radius 1 is 1.23 bits per heavy atom. The van der Waals surface area contributed by atoms with Crippen LogP contribution in [0.3, 0.4) is 0 Å². The normalized spacial score (nSPS) is 27.2. The Hall–Kier alpha value is -1.65. The highest BCUT2D eigenvalue weighted by Crippen LogP contribution is 2.23. The molecule has 0 fully saturated rings. The summed E-state index contributed by atoms with van der Waals surface area (Å²) in [7, 11) is 0. The third-order valence-corrected chi connectivity index (χ3v) is 2.21. The number of carbonyl (C=O) groups is 3. The van der Waals surface area contributed by atoms with Gasteiger partial charge in [0.1, 0.15) is 0 Å². The van der Waals surface area contributed by atoms with Crippen molar-refractivity contribution in [2.75, 3.05) is 0 Å². The van der Waals surface area contributed by atoms with Gasteiger partial charge in [-0.15, -0.1) is 0 Å². The van der Waals surface area contributed by atoms with Gasteiger partial charge in [-0.3, -0.25) is 19.7 Å². The lowest BCUT2D eigenvalue weighted by Gasteiger charge is -2.13. The van der Waals surface area contributed by atoms with Crippen LogP contribution in [0.5, 0.6) is 0 Å². The monoisotopic (exact) mass is 180 g/mol. The minimum Gasteiger partial charge on any atom is -0.346 e. The van der Waals surface area contributed by atoms with Crippen molar-refractivity contribution in [3.63, 3.8) is 0 Å². The lowest BCUT2D eigenvalue weighted by atomic mass is 9.99. The van der Waals surface area contributed by atoms with Crippen molar-refractivity contribution in [3.8, 4) is 0 Å². The Bertz CT molecular complexity index is 356. The molecule has 0 saturated heterocycles. The van der Waals surface area contributed by atoms with Crippen LogP contribution in [-0.4, -0.2) is 23.8 Å². The number of hydrogen-bond donors (Lipinski definition) is 2. The minimum atomic E-state index is -0.447. The van der Waals surface area contributed by atoms with Crippen molar-refractivity contribution in [1.29, 1.82) is 0 Å². The van der Waals surface area contributed by atoms with Crippen LogP contribution in [0.1, 0.15) is 13.3 Å². The highest BCUT2D eigenvalue weighted by Gasteiger charge is 2.37. The molecular weight excluding hydrogens is 172 g/mol. The molecule has 0 bridgehead atoms. The fourth-order valence-electron chi connectivity index (χ4n) is 1.65. The highest BCUT2D eigenvalue weighted by atomic mass is 16.2. The lowest BCUT2D eigenvalue weighted by Crippen LogP contribution is -2.38. The van der Waals surface area contributed by atoms with Crippen LogP contribution in [0.2, 0.25) is 0 Å². The highest BCUT2D eigenvalue weighted by molar-refractivity contribution is 6.18. The number of imide groups is 1. The zero-order valence-corrected chi connectivity index (χ0v) is 7.01. The zero-order chi connectivity index (χ0) is 9.59. The van der Waals surface area contributed by atoms with Gasteiger partial charge in [-0.05, 0) is 6.92 Å². The molecule has 2 aliphatic heterocycles. The van der Waals surface area contributed by atoms with Crippen molar-refractivity contribution in [1.82, 2.24) is 10.6 Å². The smallest absolute Gasteiger partial charge is 0.256 e. The van der Waals surface area contributed by atoms with Gasteiger partial charge in [-0.25, -0.2) is 0 Å². The lowest BCUT2D eigenvalue weighted by molar-refractivity contribution is -0.130. The summed E-state index contributed by atoms with van der Waals surface area (Å²) in [6, 6.07) is -0.282. The van der Waals surface area contributed by atoms with Gasteiger partial charge in [0.25, 0.3) is 5.91 Å². The summed E-state index contributed by atoms with van der Waals surface area (Å²) in [6.45, 7) is 1.72. The van der Waals surface area contributed by atoms with E-state index in [0.29, 0.717) is 11.1 Å². The third-order valence-electron chi connectivity index (χ3n) is 2.21. The van der Waals surface area contributed by atoms with E-state index in [4.69, 9.17) is 0 Å². The molecular formula is C8H8N2O3. The zero-order valence-electron chi connectivity index (χ0n) is 7.01. The van der Waals surface area contributed by atoms with Gasteiger partial charge in [0.05, 0.1) is 12.5 Å². The Kier molecular flexibility index (Phi) is 1.48. The number of rotatable bonds is 0. The average Bonchev–Trinajstić information content (AvgIpc) is 2.27. The molecule has 2 heterocycles. The number of nitrogens with one attached hydrogen (secondary N) is 2. The summed E-state index contributed by atoms with van der Waals surface area (Å²) in [5.41, 5.74) is 0.728. The summed E-state index contributed by atoms with van der Waals surface area (Å²) in [4.78, 5) is 33.4. The molecule has 0 aliphatic carbocycles. The number of carbonyl (C=O) groups excluding carboxylic acids is 3. The van der Waals surface area contributed by atoms with Gasteiger partial charge in [0.2, 0.25) is 11.8 Å². The van der Waals surface area contributed by atoms with Crippen LogP contribution in [0.25, 0.3) is 0 Å². The van der Waals surface area contributed by atoms with Gasteiger partial charge >= 0.3 is 0 Å². The van der Waals surface area contributed by atoms with Crippen molar-refractivity contribution in [2.45, 2.75) is 19.4 Å². The van der Waals surface area contributed by atoms with Crippen LogP contribution in [0.4, 0.5) is 0 Å².